The van der Waals surface area contributed by atoms with Crippen molar-refractivity contribution in [3.63, 3.8) is 0 Å². The molecule has 2 aromatic rings. The summed E-state index contributed by atoms with van der Waals surface area (Å²) >= 11 is 0. The summed E-state index contributed by atoms with van der Waals surface area (Å²) in [7, 11) is 0. The van der Waals surface area contributed by atoms with Crippen molar-refractivity contribution in [3.8, 4) is 0 Å². The Kier molecular flexibility index (Phi) is 6.34. The van der Waals surface area contributed by atoms with Gasteiger partial charge in [-0.1, -0.05) is 60.7 Å². The summed E-state index contributed by atoms with van der Waals surface area (Å²) in [4.78, 5) is 14.1. The molecule has 0 aliphatic carbocycles. The van der Waals surface area contributed by atoms with E-state index in [1.807, 2.05) is 42.6 Å². The van der Waals surface area contributed by atoms with Crippen molar-refractivity contribution in [1.29, 1.82) is 0 Å². The molecular formula is C22H25N3O. The minimum absolute atomic E-state index is 0.0803. The third-order valence-corrected chi connectivity index (χ3v) is 4.53. The molecule has 0 radical (unpaired) electrons. The molecule has 1 fully saturated rings. The second kappa shape index (κ2) is 9.11. The predicted octanol–water partition coefficient (Wildman–Crippen LogP) is 3.71. The van der Waals surface area contributed by atoms with E-state index in [0.717, 1.165) is 43.9 Å². The number of piperazine rings is 1. The number of allylic oxidation sites excluding steroid dienone is 1. The Morgan fingerprint density at radius 1 is 1.00 bits per heavy atom. The van der Waals surface area contributed by atoms with Crippen LogP contribution in [0.1, 0.15) is 28.4 Å². The van der Waals surface area contributed by atoms with Gasteiger partial charge in [-0.25, -0.2) is 0 Å². The number of benzene rings is 2. The summed E-state index contributed by atoms with van der Waals surface area (Å²) in [6, 6.07) is 18.2. The number of ketones is 1. The summed E-state index contributed by atoms with van der Waals surface area (Å²) in [5.41, 5.74) is 3.03. The number of Topliss-reactive ketones (excluding diaryl/α,β-unsaturated/α-hetero) is 1. The first-order chi connectivity index (χ1) is 12.7. The van der Waals surface area contributed by atoms with E-state index in [4.69, 9.17) is 0 Å². The first-order valence-corrected chi connectivity index (χ1v) is 9.04. The van der Waals surface area contributed by atoms with Crippen molar-refractivity contribution < 1.29 is 4.79 Å². The number of nitrogens with zero attached hydrogens (tertiary/aromatic N) is 3. The monoisotopic (exact) mass is 347 g/mol. The lowest BCUT2D eigenvalue weighted by Gasteiger charge is -2.32. The van der Waals surface area contributed by atoms with Crippen molar-refractivity contribution in [2.24, 2.45) is 5.10 Å². The van der Waals surface area contributed by atoms with Crippen molar-refractivity contribution in [2.75, 3.05) is 26.2 Å². The van der Waals surface area contributed by atoms with Crippen LogP contribution in [-0.4, -0.2) is 48.1 Å². The van der Waals surface area contributed by atoms with E-state index < -0.39 is 0 Å². The lowest BCUT2D eigenvalue weighted by atomic mass is 10.0. The minimum Gasteiger partial charge on any atom is -0.295 e. The van der Waals surface area contributed by atoms with Crippen LogP contribution in [-0.2, 0) is 6.54 Å². The van der Waals surface area contributed by atoms with Gasteiger partial charge < -0.3 is 0 Å². The molecule has 1 saturated heterocycles. The third kappa shape index (κ3) is 5.14. The molecule has 0 bridgehead atoms. The molecule has 1 heterocycles. The fourth-order valence-corrected chi connectivity index (χ4v) is 3.09. The number of carbonyl (C=O) groups is 1. The fourth-order valence-electron chi connectivity index (χ4n) is 3.09. The number of hydrogen-bond acceptors (Lipinski definition) is 4. The summed E-state index contributed by atoms with van der Waals surface area (Å²) in [6.45, 7) is 6.49. The fraction of sp³-hybridized carbons (Fsp3) is 0.273. The van der Waals surface area contributed by atoms with E-state index in [1.54, 1.807) is 6.92 Å². The molecule has 0 aromatic heterocycles. The lowest BCUT2D eigenvalue weighted by Crippen LogP contribution is -2.43. The van der Waals surface area contributed by atoms with Gasteiger partial charge in [0.25, 0.3) is 0 Å². The van der Waals surface area contributed by atoms with Crippen LogP contribution in [0.25, 0.3) is 6.08 Å². The van der Waals surface area contributed by atoms with Crippen LogP contribution in [0, 0.1) is 0 Å². The molecule has 0 N–H and O–H groups in total. The standard InChI is InChI=1S/C22H25N3O/c1-19(26)22-12-6-5-10-21(22)11-7-13-23-25-16-14-24(15-17-25)18-20-8-3-2-4-9-20/h2-13H,14-18H2,1H3/b11-7+,23-13+. The van der Waals surface area contributed by atoms with Gasteiger partial charge in [0.1, 0.15) is 0 Å². The van der Waals surface area contributed by atoms with Gasteiger partial charge in [-0.15, -0.1) is 0 Å². The molecule has 0 saturated carbocycles. The molecule has 4 nitrogen and oxygen atoms in total. The maximum absolute atomic E-state index is 11.6. The molecule has 1 aliphatic rings. The summed E-state index contributed by atoms with van der Waals surface area (Å²) < 4.78 is 0. The third-order valence-electron chi connectivity index (χ3n) is 4.53. The molecule has 0 atom stereocenters. The second-order valence-corrected chi connectivity index (χ2v) is 6.48. The topological polar surface area (TPSA) is 35.9 Å². The Morgan fingerprint density at radius 3 is 2.42 bits per heavy atom. The second-order valence-electron chi connectivity index (χ2n) is 6.48. The van der Waals surface area contributed by atoms with Crippen LogP contribution in [0.4, 0.5) is 0 Å². The van der Waals surface area contributed by atoms with Crippen LogP contribution < -0.4 is 0 Å². The van der Waals surface area contributed by atoms with E-state index in [2.05, 4.69) is 45.3 Å². The van der Waals surface area contributed by atoms with Crippen molar-refractivity contribution in [3.05, 3.63) is 77.4 Å². The normalized spacial score (nSPS) is 15.8. The highest BCUT2D eigenvalue weighted by molar-refractivity contribution is 5.98. The van der Waals surface area contributed by atoms with Gasteiger partial charge in [-0.3, -0.25) is 14.7 Å². The van der Waals surface area contributed by atoms with Gasteiger partial charge in [-0.2, -0.15) is 5.10 Å². The number of carbonyl (C=O) groups excluding carboxylic acids is 1. The number of hydrogen-bond donors (Lipinski definition) is 0. The summed E-state index contributed by atoms with van der Waals surface area (Å²) in [6.07, 6.45) is 5.65. The van der Waals surface area contributed by atoms with E-state index in [-0.39, 0.29) is 5.78 Å². The van der Waals surface area contributed by atoms with E-state index in [1.165, 1.54) is 5.56 Å². The average Bonchev–Trinajstić information content (AvgIpc) is 2.67. The van der Waals surface area contributed by atoms with E-state index in [9.17, 15) is 4.79 Å². The molecule has 26 heavy (non-hydrogen) atoms. The zero-order chi connectivity index (χ0) is 18.2. The van der Waals surface area contributed by atoms with Gasteiger partial charge in [0.2, 0.25) is 0 Å². The first kappa shape index (κ1) is 18.1. The highest BCUT2D eigenvalue weighted by Gasteiger charge is 2.14. The Hall–Kier alpha value is -2.72. The van der Waals surface area contributed by atoms with Gasteiger partial charge >= 0.3 is 0 Å². The molecule has 4 heteroatoms. The van der Waals surface area contributed by atoms with Crippen LogP contribution in [0.3, 0.4) is 0 Å². The van der Waals surface area contributed by atoms with Gasteiger partial charge in [0.15, 0.2) is 5.78 Å². The van der Waals surface area contributed by atoms with Crippen LogP contribution >= 0.6 is 0 Å². The Bertz CT molecular complexity index is 775. The highest BCUT2D eigenvalue weighted by atomic mass is 16.1. The van der Waals surface area contributed by atoms with Gasteiger partial charge in [0, 0.05) is 44.5 Å². The van der Waals surface area contributed by atoms with Crippen LogP contribution in [0.15, 0.2) is 65.8 Å². The zero-order valence-electron chi connectivity index (χ0n) is 15.2. The van der Waals surface area contributed by atoms with Crippen LogP contribution in [0.2, 0.25) is 0 Å². The zero-order valence-corrected chi connectivity index (χ0v) is 15.2. The van der Waals surface area contributed by atoms with Gasteiger partial charge in [0.05, 0.1) is 0 Å². The maximum atomic E-state index is 11.6. The lowest BCUT2D eigenvalue weighted by molar-refractivity contribution is 0.101. The minimum atomic E-state index is 0.0803. The molecule has 0 spiro atoms. The van der Waals surface area contributed by atoms with Crippen molar-refractivity contribution >= 4 is 18.1 Å². The number of hydrazone groups is 1. The summed E-state index contributed by atoms with van der Waals surface area (Å²) in [5.74, 6) is 0.0803. The molecular weight excluding hydrogens is 322 g/mol. The number of rotatable bonds is 6. The maximum Gasteiger partial charge on any atom is 0.160 e. The SMILES string of the molecule is CC(=O)c1ccccc1/C=C/C=N/N1CCN(Cc2ccccc2)CC1. The Morgan fingerprint density at radius 2 is 1.69 bits per heavy atom. The molecule has 0 amide bonds. The molecule has 134 valence electrons. The largest absolute Gasteiger partial charge is 0.295 e. The molecule has 1 aliphatic heterocycles. The summed E-state index contributed by atoms with van der Waals surface area (Å²) in [5, 5.41) is 6.62. The Balaban J connectivity index is 1.48. The average molecular weight is 347 g/mol. The smallest absolute Gasteiger partial charge is 0.160 e. The molecule has 2 aromatic carbocycles. The van der Waals surface area contributed by atoms with E-state index >= 15 is 0 Å². The Labute approximate surface area is 155 Å². The van der Waals surface area contributed by atoms with E-state index in [0.29, 0.717) is 0 Å². The predicted molar refractivity (Wildman–Crippen MR) is 107 cm³/mol. The van der Waals surface area contributed by atoms with Crippen molar-refractivity contribution in [2.45, 2.75) is 13.5 Å². The van der Waals surface area contributed by atoms with Gasteiger partial charge in [-0.05, 0) is 24.1 Å². The molecule has 3 rings (SSSR count). The highest BCUT2D eigenvalue weighted by Crippen LogP contribution is 2.11. The van der Waals surface area contributed by atoms with Crippen molar-refractivity contribution in [1.82, 2.24) is 9.91 Å². The van der Waals surface area contributed by atoms with Crippen LogP contribution in [0.5, 0.6) is 0 Å². The quantitative estimate of drug-likeness (QED) is 0.590. The molecule has 0 unspecified atom stereocenters. The first-order valence-electron chi connectivity index (χ1n) is 9.04.